The van der Waals surface area contributed by atoms with Gasteiger partial charge in [0.1, 0.15) is 0 Å². The van der Waals surface area contributed by atoms with E-state index < -0.39 is 10.0 Å². The summed E-state index contributed by atoms with van der Waals surface area (Å²) < 4.78 is 27.4. The molecule has 0 amide bonds. The van der Waals surface area contributed by atoms with Crippen LogP contribution in [-0.2, 0) is 16.6 Å². The number of hydrogen-bond acceptors (Lipinski definition) is 6. The predicted molar refractivity (Wildman–Crippen MR) is 110 cm³/mol. The van der Waals surface area contributed by atoms with Crippen molar-refractivity contribution in [1.82, 2.24) is 14.3 Å². The van der Waals surface area contributed by atoms with Gasteiger partial charge < -0.3 is 0 Å². The van der Waals surface area contributed by atoms with E-state index in [9.17, 15) is 13.2 Å². The standard InChI is InChI=1S/C19H21N5O3S/c1-4-24-18(25)16-7-5-6-8-17(16)21-19(24)23-22-13(2)14-9-11-15(12-10-14)28(26,27)20-3/h5-12,20H,4H2,1-3H3,(H,21,23)/b22-13-. The first kappa shape index (κ1) is 19.7. The Bertz CT molecular complexity index is 1200. The highest BCUT2D eigenvalue weighted by atomic mass is 32.2. The molecule has 28 heavy (non-hydrogen) atoms. The number of nitrogens with zero attached hydrogens (tertiary/aromatic N) is 3. The summed E-state index contributed by atoms with van der Waals surface area (Å²) in [5.74, 6) is 0.347. The van der Waals surface area contributed by atoms with Crippen LogP contribution in [0.1, 0.15) is 19.4 Å². The molecule has 0 aliphatic heterocycles. The van der Waals surface area contributed by atoms with Crippen LogP contribution in [0.2, 0.25) is 0 Å². The van der Waals surface area contributed by atoms with Crippen LogP contribution in [0.15, 0.2) is 63.3 Å². The van der Waals surface area contributed by atoms with Gasteiger partial charge in [-0.1, -0.05) is 24.3 Å². The van der Waals surface area contributed by atoms with Gasteiger partial charge in [-0.15, -0.1) is 0 Å². The minimum atomic E-state index is -3.48. The average Bonchev–Trinajstić information content (AvgIpc) is 2.72. The summed E-state index contributed by atoms with van der Waals surface area (Å²) in [7, 11) is -2.12. The van der Waals surface area contributed by atoms with Crippen LogP contribution in [0.25, 0.3) is 10.9 Å². The zero-order valence-corrected chi connectivity index (χ0v) is 16.6. The Morgan fingerprint density at radius 1 is 1.14 bits per heavy atom. The Kier molecular flexibility index (Phi) is 5.57. The Balaban J connectivity index is 1.92. The lowest BCUT2D eigenvalue weighted by atomic mass is 10.1. The summed E-state index contributed by atoms with van der Waals surface area (Å²) in [6, 6.07) is 13.5. The summed E-state index contributed by atoms with van der Waals surface area (Å²) in [6.45, 7) is 4.09. The SMILES string of the molecule is CCn1c(N/N=C(/C)c2ccc(S(=O)(=O)NC)cc2)nc2ccccc2c1=O. The van der Waals surface area contributed by atoms with Gasteiger partial charge in [-0.25, -0.2) is 23.5 Å². The normalized spacial score (nSPS) is 12.3. The van der Waals surface area contributed by atoms with Gasteiger partial charge in [-0.3, -0.25) is 9.36 Å². The van der Waals surface area contributed by atoms with E-state index in [2.05, 4.69) is 20.2 Å². The predicted octanol–water partition coefficient (Wildman–Crippen LogP) is 2.16. The molecule has 0 aliphatic carbocycles. The van der Waals surface area contributed by atoms with Crippen molar-refractivity contribution in [2.24, 2.45) is 5.10 Å². The average molecular weight is 399 g/mol. The van der Waals surface area contributed by atoms with Crippen molar-refractivity contribution in [3.05, 3.63) is 64.4 Å². The highest BCUT2D eigenvalue weighted by Crippen LogP contribution is 2.13. The number of benzene rings is 2. The maximum Gasteiger partial charge on any atom is 0.262 e. The van der Waals surface area contributed by atoms with Crippen molar-refractivity contribution in [3.8, 4) is 0 Å². The highest BCUT2D eigenvalue weighted by Gasteiger charge is 2.12. The number of aromatic nitrogens is 2. The Hall–Kier alpha value is -3.04. The second kappa shape index (κ2) is 7.91. The number of fused-ring (bicyclic) bond motifs is 1. The number of anilines is 1. The molecule has 0 atom stereocenters. The van der Waals surface area contributed by atoms with Crippen LogP contribution in [0.4, 0.5) is 5.95 Å². The fourth-order valence-corrected chi connectivity index (χ4v) is 3.47. The topological polar surface area (TPSA) is 105 Å². The molecule has 146 valence electrons. The quantitative estimate of drug-likeness (QED) is 0.488. The van der Waals surface area contributed by atoms with Gasteiger partial charge in [-0.2, -0.15) is 5.10 Å². The molecule has 0 fully saturated rings. The largest absolute Gasteiger partial charge is 0.277 e. The van der Waals surface area contributed by atoms with Gasteiger partial charge in [0.05, 0.1) is 21.5 Å². The molecule has 0 aliphatic rings. The molecule has 0 spiro atoms. The van der Waals surface area contributed by atoms with Crippen molar-refractivity contribution in [2.75, 3.05) is 12.5 Å². The summed E-state index contributed by atoms with van der Waals surface area (Å²) in [5, 5.41) is 4.87. The number of nitrogens with one attached hydrogen (secondary N) is 2. The molecule has 3 aromatic rings. The van der Waals surface area contributed by atoms with Gasteiger partial charge in [0.25, 0.3) is 5.56 Å². The van der Waals surface area contributed by atoms with E-state index in [0.29, 0.717) is 29.1 Å². The molecule has 0 bridgehead atoms. The van der Waals surface area contributed by atoms with Gasteiger partial charge >= 0.3 is 0 Å². The summed E-state index contributed by atoms with van der Waals surface area (Å²) >= 11 is 0. The van der Waals surface area contributed by atoms with Crippen LogP contribution in [0.5, 0.6) is 0 Å². The maximum absolute atomic E-state index is 12.6. The third-order valence-electron chi connectivity index (χ3n) is 4.35. The number of hydrogen-bond donors (Lipinski definition) is 2. The van der Waals surface area contributed by atoms with Crippen LogP contribution in [0.3, 0.4) is 0 Å². The van der Waals surface area contributed by atoms with Crippen molar-refractivity contribution in [2.45, 2.75) is 25.3 Å². The highest BCUT2D eigenvalue weighted by molar-refractivity contribution is 7.89. The van der Waals surface area contributed by atoms with E-state index in [0.717, 1.165) is 5.56 Å². The second-order valence-electron chi connectivity index (χ2n) is 6.04. The first-order valence-electron chi connectivity index (χ1n) is 8.71. The zero-order chi connectivity index (χ0) is 20.3. The van der Waals surface area contributed by atoms with Crippen molar-refractivity contribution >= 4 is 32.6 Å². The van der Waals surface area contributed by atoms with E-state index in [-0.39, 0.29) is 10.5 Å². The van der Waals surface area contributed by atoms with E-state index in [1.54, 1.807) is 37.3 Å². The Morgan fingerprint density at radius 3 is 2.46 bits per heavy atom. The molecule has 0 saturated heterocycles. The first-order chi connectivity index (χ1) is 13.4. The first-order valence-corrected chi connectivity index (χ1v) is 10.2. The van der Waals surface area contributed by atoms with Crippen molar-refractivity contribution < 1.29 is 8.42 Å². The molecule has 8 nitrogen and oxygen atoms in total. The number of rotatable bonds is 6. The monoisotopic (exact) mass is 399 g/mol. The number of sulfonamides is 1. The third kappa shape index (κ3) is 3.80. The van der Waals surface area contributed by atoms with E-state index in [1.165, 1.54) is 23.7 Å². The van der Waals surface area contributed by atoms with Gasteiger partial charge in [0, 0.05) is 6.54 Å². The minimum absolute atomic E-state index is 0.134. The molecule has 3 rings (SSSR count). The van der Waals surface area contributed by atoms with Crippen molar-refractivity contribution in [3.63, 3.8) is 0 Å². The van der Waals surface area contributed by atoms with Crippen LogP contribution in [0, 0.1) is 0 Å². The fourth-order valence-electron chi connectivity index (χ4n) is 2.74. The molecule has 2 N–H and O–H groups in total. The van der Waals surface area contributed by atoms with Crippen LogP contribution >= 0.6 is 0 Å². The van der Waals surface area contributed by atoms with Crippen LogP contribution < -0.4 is 15.7 Å². The Labute approximate surface area is 163 Å². The lowest BCUT2D eigenvalue weighted by molar-refractivity contribution is 0.588. The van der Waals surface area contributed by atoms with Gasteiger partial charge in [0.2, 0.25) is 16.0 Å². The second-order valence-corrected chi connectivity index (χ2v) is 7.93. The molecule has 0 saturated carbocycles. The lowest BCUT2D eigenvalue weighted by Gasteiger charge is -2.11. The van der Waals surface area contributed by atoms with Gasteiger partial charge in [-0.05, 0) is 50.7 Å². The summed E-state index contributed by atoms with van der Waals surface area (Å²) in [4.78, 5) is 17.3. The molecule has 1 aromatic heterocycles. The molecule has 1 heterocycles. The molecular formula is C19H21N5O3S. The van der Waals surface area contributed by atoms with Crippen molar-refractivity contribution in [1.29, 1.82) is 0 Å². The molecule has 0 unspecified atom stereocenters. The van der Waals surface area contributed by atoms with E-state index >= 15 is 0 Å². The van der Waals surface area contributed by atoms with Gasteiger partial charge in [0.15, 0.2) is 0 Å². The summed E-state index contributed by atoms with van der Waals surface area (Å²) in [5.41, 5.74) is 4.69. The number of hydrazone groups is 1. The molecular weight excluding hydrogens is 378 g/mol. The molecule has 2 aromatic carbocycles. The maximum atomic E-state index is 12.6. The third-order valence-corrected chi connectivity index (χ3v) is 5.78. The molecule has 0 radical (unpaired) electrons. The zero-order valence-electron chi connectivity index (χ0n) is 15.8. The Morgan fingerprint density at radius 2 is 1.82 bits per heavy atom. The number of para-hydroxylation sites is 1. The minimum Gasteiger partial charge on any atom is -0.277 e. The lowest BCUT2D eigenvalue weighted by Crippen LogP contribution is -2.23. The van der Waals surface area contributed by atoms with E-state index in [4.69, 9.17) is 0 Å². The van der Waals surface area contributed by atoms with Crippen LogP contribution in [-0.4, -0.2) is 30.7 Å². The van der Waals surface area contributed by atoms with E-state index in [1.807, 2.05) is 13.0 Å². The summed E-state index contributed by atoms with van der Waals surface area (Å²) in [6.07, 6.45) is 0. The molecule has 9 heteroatoms. The smallest absolute Gasteiger partial charge is 0.262 e. The fraction of sp³-hybridized carbons (Fsp3) is 0.211.